The van der Waals surface area contributed by atoms with Crippen molar-refractivity contribution in [2.75, 3.05) is 7.11 Å². The maximum atomic E-state index is 13.4. The molecule has 0 aliphatic carbocycles. The van der Waals surface area contributed by atoms with Gasteiger partial charge in [0.25, 0.3) is 0 Å². The highest BCUT2D eigenvalue weighted by Crippen LogP contribution is 2.35. The third-order valence-corrected chi connectivity index (χ3v) is 2.51. The molecule has 3 nitrogen and oxygen atoms in total. The number of aliphatic hydroxyl groups is 2. The number of ether oxygens (including phenoxy) is 1. The zero-order chi connectivity index (χ0) is 11.6. The predicted octanol–water partition coefficient (Wildman–Crippen LogP) is 1.42. The lowest BCUT2D eigenvalue weighted by Gasteiger charge is -2.28. The van der Waals surface area contributed by atoms with Gasteiger partial charge in [-0.15, -0.1) is 0 Å². The zero-order valence-electron chi connectivity index (χ0n) is 8.99. The minimum absolute atomic E-state index is 0.0515. The number of halogens is 1. The Kier molecular flexibility index (Phi) is 3.31. The summed E-state index contributed by atoms with van der Waals surface area (Å²) < 4.78 is 18.3. The van der Waals surface area contributed by atoms with Gasteiger partial charge in [-0.25, -0.2) is 4.39 Å². The van der Waals surface area contributed by atoms with Gasteiger partial charge in [0.1, 0.15) is 0 Å². The van der Waals surface area contributed by atoms with Gasteiger partial charge in [-0.2, -0.15) is 0 Å². The molecule has 0 bridgehead atoms. The van der Waals surface area contributed by atoms with Gasteiger partial charge in [0.05, 0.1) is 7.11 Å². The van der Waals surface area contributed by atoms with E-state index >= 15 is 0 Å². The van der Waals surface area contributed by atoms with E-state index in [2.05, 4.69) is 0 Å². The average Bonchev–Trinajstić information content (AvgIpc) is 2.17. The summed E-state index contributed by atoms with van der Waals surface area (Å²) >= 11 is 0. The molecule has 2 N–H and O–H groups in total. The molecule has 0 aliphatic heterocycles. The Bertz CT molecular complexity index is 348. The first-order valence-corrected chi connectivity index (χ1v) is 4.60. The van der Waals surface area contributed by atoms with Crippen LogP contribution in [0.2, 0.25) is 0 Å². The van der Waals surface area contributed by atoms with Gasteiger partial charge < -0.3 is 14.9 Å². The molecule has 0 amide bonds. The fourth-order valence-electron chi connectivity index (χ4n) is 1.36. The Labute approximate surface area is 88.1 Å². The van der Waals surface area contributed by atoms with Crippen molar-refractivity contribution in [3.05, 3.63) is 29.6 Å². The zero-order valence-corrected chi connectivity index (χ0v) is 8.99. The fraction of sp³-hybridized carbons (Fsp3) is 0.455. The number of para-hydroxylation sites is 1. The summed E-state index contributed by atoms with van der Waals surface area (Å²) in [5.74, 6) is -0.459. The van der Waals surface area contributed by atoms with Crippen LogP contribution in [-0.4, -0.2) is 23.6 Å². The quantitative estimate of drug-likeness (QED) is 0.748. The Morgan fingerprint density at radius 2 is 1.93 bits per heavy atom. The lowest BCUT2D eigenvalue weighted by molar-refractivity contribution is -0.0896. The van der Waals surface area contributed by atoms with E-state index in [-0.39, 0.29) is 5.75 Å². The Morgan fingerprint density at radius 1 is 1.33 bits per heavy atom. The maximum absolute atomic E-state index is 13.4. The molecule has 15 heavy (non-hydrogen) atoms. The minimum atomic E-state index is -1.58. The third kappa shape index (κ3) is 2.11. The molecule has 4 heteroatoms. The van der Waals surface area contributed by atoms with Crippen LogP contribution in [0, 0.1) is 5.82 Å². The van der Waals surface area contributed by atoms with Crippen LogP contribution in [0.4, 0.5) is 4.39 Å². The Hall–Kier alpha value is -1.13. The minimum Gasteiger partial charge on any atom is -0.493 e. The molecule has 1 aromatic rings. The van der Waals surface area contributed by atoms with Crippen molar-refractivity contribution in [1.29, 1.82) is 0 Å². The summed E-state index contributed by atoms with van der Waals surface area (Å²) in [4.78, 5) is 0. The van der Waals surface area contributed by atoms with E-state index in [1.807, 2.05) is 0 Å². The van der Waals surface area contributed by atoms with Gasteiger partial charge in [0, 0.05) is 11.0 Å². The molecule has 0 aliphatic rings. The van der Waals surface area contributed by atoms with E-state index in [1.165, 1.54) is 19.2 Å². The van der Waals surface area contributed by atoms with Crippen molar-refractivity contribution >= 4 is 0 Å². The second kappa shape index (κ2) is 4.16. The highest BCUT2D eigenvalue weighted by molar-refractivity contribution is 5.40. The van der Waals surface area contributed by atoms with Crippen molar-refractivity contribution in [2.45, 2.75) is 25.6 Å². The summed E-state index contributed by atoms with van der Waals surface area (Å²) in [5, 5.41) is 18.4. The van der Waals surface area contributed by atoms with E-state index in [0.29, 0.717) is 5.56 Å². The maximum Gasteiger partial charge on any atom is 0.165 e. The smallest absolute Gasteiger partial charge is 0.165 e. The molecular formula is C11H15FO3. The number of aliphatic hydroxyl groups excluding tert-OH is 1. The monoisotopic (exact) mass is 214 g/mol. The molecule has 0 atom stereocenters. The van der Waals surface area contributed by atoms with Crippen molar-refractivity contribution < 1.29 is 19.3 Å². The first-order chi connectivity index (χ1) is 6.91. The number of hydrogen-bond acceptors (Lipinski definition) is 3. The topological polar surface area (TPSA) is 49.7 Å². The molecule has 0 spiro atoms. The summed E-state index contributed by atoms with van der Waals surface area (Å²) in [6.07, 6.45) is -1.58. The molecule has 0 fully saturated rings. The molecule has 1 aromatic carbocycles. The summed E-state index contributed by atoms with van der Waals surface area (Å²) in [5.41, 5.74) is -0.548. The standard InChI is InChI=1S/C11H15FO3/c1-11(2,10(13)14)7-5-4-6-8(12)9(7)15-3/h4-6,10,13-14H,1-3H3. The van der Waals surface area contributed by atoms with Gasteiger partial charge in [0.15, 0.2) is 17.9 Å². The van der Waals surface area contributed by atoms with Crippen LogP contribution < -0.4 is 4.74 Å². The van der Waals surface area contributed by atoms with E-state index < -0.39 is 17.5 Å². The van der Waals surface area contributed by atoms with Crippen LogP contribution >= 0.6 is 0 Å². The average molecular weight is 214 g/mol. The lowest BCUT2D eigenvalue weighted by atomic mass is 9.83. The van der Waals surface area contributed by atoms with Gasteiger partial charge in [-0.3, -0.25) is 0 Å². The molecular weight excluding hydrogens is 199 g/mol. The van der Waals surface area contributed by atoms with Gasteiger partial charge >= 0.3 is 0 Å². The van der Waals surface area contributed by atoms with Gasteiger partial charge in [-0.1, -0.05) is 26.0 Å². The number of rotatable bonds is 3. The molecule has 0 radical (unpaired) electrons. The summed E-state index contributed by atoms with van der Waals surface area (Å²) in [7, 11) is 1.35. The van der Waals surface area contributed by atoms with E-state index in [4.69, 9.17) is 4.74 Å². The van der Waals surface area contributed by atoms with Crippen LogP contribution in [0.1, 0.15) is 19.4 Å². The molecule has 0 saturated carbocycles. The molecule has 0 aromatic heterocycles. The van der Waals surface area contributed by atoms with Crippen molar-refractivity contribution in [3.63, 3.8) is 0 Å². The predicted molar refractivity (Wildman–Crippen MR) is 54.2 cm³/mol. The van der Waals surface area contributed by atoms with Crippen molar-refractivity contribution in [1.82, 2.24) is 0 Å². The second-order valence-corrected chi connectivity index (χ2v) is 3.92. The normalized spacial score (nSPS) is 11.9. The highest BCUT2D eigenvalue weighted by atomic mass is 19.1. The second-order valence-electron chi connectivity index (χ2n) is 3.92. The van der Waals surface area contributed by atoms with Crippen molar-refractivity contribution in [3.8, 4) is 5.75 Å². The van der Waals surface area contributed by atoms with E-state index in [9.17, 15) is 14.6 Å². The Morgan fingerprint density at radius 3 is 2.40 bits per heavy atom. The summed E-state index contributed by atoms with van der Waals surface area (Å²) in [6.45, 7) is 3.21. The third-order valence-electron chi connectivity index (χ3n) is 2.51. The van der Waals surface area contributed by atoms with Crippen LogP contribution in [0.3, 0.4) is 0 Å². The Balaban J connectivity index is 3.31. The van der Waals surface area contributed by atoms with Crippen LogP contribution in [0.25, 0.3) is 0 Å². The van der Waals surface area contributed by atoms with E-state index in [0.717, 1.165) is 0 Å². The molecule has 0 unspecified atom stereocenters. The molecule has 0 saturated heterocycles. The van der Waals surface area contributed by atoms with Gasteiger partial charge in [-0.05, 0) is 6.07 Å². The van der Waals surface area contributed by atoms with Gasteiger partial charge in [0.2, 0.25) is 0 Å². The van der Waals surface area contributed by atoms with Crippen LogP contribution in [0.15, 0.2) is 18.2 Å². The first-order valence-electron chi connectivity index (χ1n) is 4.60. The van der Waals surface area contributed by atoms with Crippen molar-refractivity contribution in [2.24, 2.45) is 0 Å². The van der Waals surface area contributed by atoms with Crippen LogP contribution in [-0.2, 0) is 5.41 Å². The first kappa shape index (κ1) is 11.9. The molecule has 1 rings (SSSR count). The number of hydrogen-bond donors (Lipinski definition) is 2. The number of benzene rings is 1. The largest absolute Gasteiger partial charge is 0.493 e. The number of methoxy groups -OCH3 is 1. The fourth-order valence-corrected chi connectivity index (χ4v) is 1.36. The summed E-state index contributed by atoms with van der Waals surface area (Å²) in [6, 6.07) is 4.39. The SMILES string of the molecule is COc1c(F)cccc1C(C)(C)C(O)O. The molecule has 84 valence electrons. The molecule has 0 heterocycles. The lowest BCUT2D eigenvalue weighted by Crippen LogP contribution is -2.33. The highest BCUT2D eigenvalue weighted by Gasteiger charge is 2.32. The van der Waals surface area contributed by atoms with E-state index in [1.54, 1.807) is 19.9 Å². The van der Waals surface area contributed by atoms with Crippen LogP contribution in [0.5, 0.6) is 5.75 Å².